The van der Waals surface area contributed by atoms with E-state index in [1.54, 1.807) is 0 Å². The number of anilines is 1. The minimum atomic E-state index is -1.06. The highest BCUT2D eigenvalue weighted by Crippen LogP contribution is 2.18. The number of carbonyl (C=O) groups is 1. The SMILES string of the molecule is CCN1CCOC(CNc2cc(C(=O)O)c(Cl)cn2)C1. The van der Waals surface area contributed by atoms with Gasteiger partial charge in [-0.2, -0.15) is 0 Å². The van der Waals surface area contributed by atoms with E-state index < -0.39 is 5.97 Å². The van der Waals surface area contributed by atoms with Crippen LogP contribution in [-0.4, -0.2) is 59.8 Å². The molecule has 1 atom stereocenters. The fourth-order valence-corrected chi connectivity index (χ4v) is 2.29. The molecule has 7 heteroatoms. The Bertz CT molecular complexity index is 484. The molecule has 0 aromatic carbocycles. The Morgan fingerprint density at radius 3 is 3.20 bits per heavy atom. The highest BCUT2D eigenvalue weighted by molar-refractivity contribution is 6.33. The van der Waals surface area contributed by atoms with Crippen molar-refractivity contribution < 1.29 is 14.6 Å². The summed E-state index contributed by atoms with van der Waals surface area (Å²) in [6, 6.07) is 1.44. The van der Waals surface area contributed by atoms with E-state index in [9.17, 15) is 4.79 Å². The summed E-state index contributed by atoms with van der Waals surface area (Å²) < 4.78 is 5.66. The molecule has 0 aliphatic carbocycles. The molecule has 6 nitrogen and oxygen atoms in total. The zero-order chi connectivity index (χ0) is 14.5. The van der Waals surface area contributed by atoms with Crippen molar-refractivity contribution >= 4 is 23.4 Å². The van der Waals surface area contributed by atoms with E-state index in [0.717, 1.165) is 19.6 Å². The van der Waals surface area contributed by atoms with Gasteiger partial charge in [-0.25, -0.2) is 9.78 Å². The van der Waals surface area contributed by atoms with Crippen molar-refractivity contribution in [3.63, 3.8) is 0 Å². The third-order valence-corrected chi connectivity index (χ3v) is 3.57. The normalized spacial score (nSPS) is 19.8. The lowest BCUT2D eigenvalue weighted by Gasteiger charge is -2.32. The second-order valence-electron chi connectivity index (χ2n) is 4.62. The number of nitrogens with one attached hydrogen (secondary N) is 1. The topological polar surface area (TPSA) is 74.7 Å². The Morgan fingerprint density at radius 1 is 1.70 bits per heavy atom. The molecular weight excluding hydrogens is 282 g/mol. The predicted molar refractivity (Wildman–Crippen MR) is 76.6 cm³/mol. The molecule has 0 saturated carbocycles. The third kappa shape index (κ3) is 3.82. The first-order chi connectivity index (χ1) is 9.60. The minimum Gasteiger partial charge on any atom is -0.478 e. The van der Waals surface area contributed by atoms with Crippen molar-refractivity contribution in [2.24, 2.45) is 0 Å². The molecule has 2 N–H and O–H groups in total. The molecule has 1 fully saturated rings. The Kier molecular flexibility index (Phi) is 5.17. The molecule has 1 aliphatic heterocycles. The first kappa shape index (κ1) is 15.0. The number of nitrogens with zero attached hydrogens (tertiary/aromatic N) is 2. The Hall–Kier alpha value is -1.37. The van der Waals surface area contributed by atoms with Crippen LogP contribution in [0.15, 0.2) is 12.3 Å². The van der Waals surface area contributed by atoms with E-state index >= 15 is 0 Å². The van der Waals surface area contributed by atoms with Crippen molar-refractivity contribution in [3.8, 4) is 0 Å². The molecule has 0 spiro atoms. The van der Waals surface area contributed by atoms with Crippen LogP contribution in [0.1, 0.15) is 17.3 Å². The highest BCUT2D eigenvalue weighted by Gasteiger charge is 2.19. The quantitative estimate of drug-likeness (QED) is 0.859. The average Bonchev–Trinajstić information content (AvgIpc) is 2.46. The Balaban J connectivity index is 1.93. The number of hydrogen-bond donors (Lipinski definition) is 2. The molecule has 0 amide bonds. The lowest BCUT2D eigenvalue weighted by atomic mass is 10.2. The number of likely N-dealkylation sites (N-methyl/N-ethyl adjacent to an activating group) is 1. The summed E-state index contributed by atoms with van der Waals surface area (Å²) >= 11 is 5.78. The third-order valence-electron chi connectivity index (χ3n) is 3.27. The van der Waals surface area contributed by atoms with Gasteiger partial charge < -0.3 is 15.2 Å². The van der Waals surface area contributed by atoms with Crippen molar-refractivity contribution in [2.45, 2.75) is 13.0 Å². The smallest absolute Gasteiger partial charge is 0.337 e. The Labute approximate surface area is 122 Å². The van der Waals surface area contributed by atoms with E-state index in [2.05, 4.69) is 22.1 Å². The van der Waals surface area contributed by atoms with Crippen LogP contribution in [0.5, 0.6) is 0 Å². The van der Waals surface area contributed by atoms with Gasteiger partial charge in [0.2, 0.25) is 0 Å². The largest absolute Gasteiger partial charge is 0.478 e. The van der Waals surface area contributed by atoms with Gasteiger partial charge in [0.25, 0.3) is 0 Å². The number of carboxylic acid groups (broad SMARTS) is 1. The number of ether oxygens (including phenoxy) is 1. The van der Waals surface area contributed by atoms with Crippen LogP contribution in [0.4, 0.5) is 5.82 Å². The summed E-state index contributed by atoms with van der Waals surface area (Å²) in [5.74, 6) is -0.574. The molecule has 1 aliphatic rings. The molecule has 1 saturated heterocycles. The van der Waals surface area contributed by atoms with Crippen LogP contribution in [0.2, 0.25) is 5.02 Å². The van der Waals surface area contributed by atoms with Gasteiger partial charge in [0, 0.05) is 25.8 Å². The van der Waals surface area contributed by atoms with Gasteiger partial charge >= 0.3 is 5.97 Å². The van der Waals surface area contributed by atoms with E-state index in [0.29, 0.717) is 19.0 Å². The number of halogens is 1. The molecular formula is C13H18ClN3O3. The van der Waals surface area contributed by atoms with E-state index in [4.69, 9.17) is 21.4 Å². The first-order valence-electron chi connectivity index (χ1n) is 6.56. The zero-order valence-electron chi connectivity index (χ0n) is 11.3. The summed E-state index contributed by atoms with van der Waals surface area (Å²) in [6.45, 7) is 6.24. The molecule has 2 rings (SSSR count). The number of morpholine rings is 1. The molecule has 0 radical (unpaired) electrons. The van der Waals surface area contributed by atoms with Crippen molar-refractivity contribution in [2.75, 3.05) is 38.1 Å². The van der Waals surface area contributed by atoms with Gasteiger partial charge in [-0.05, 0) is 12.6 Å². The van der Waals surface area contributed by atoms with E-state index in [1.807, 2.05) is 0 Å². The molecule has 2 heterocycles. The standard InChI is InChI=1S/C13H18ClN3O3/c1-2-17-3-4-20-9(8-17)6-15-12-5-10(13(18)19)11(14)7-16-12/h5,7,9H,2-4,6,8H2,1H3,(H,15,16)(H,18,19). The number of rotatable bonds is 5. The monoisotopic (exact) mass is 299 g/mol. The molecule has 0 bridgehead atoms. The summed E-state index contributed by atoms with van der Waals surface area (Å²) in [6.07, 6.45) is 1.42. The summed E-state index contributed by atoms with van der Waals surface area (Å²) in [5, 5.41) is 12.2. The summed E-state index contributed by atoms with van der Waals surface area (Å²) in [7, 11) is 0. The van der Waals surface area contributed by atoms with Crippen LogP contribution >= 0.6 is 11.6 Å². The van der Waals surface area contributed by atoms with Crippen LogP contribution in [0.3, 0.4) is 0 Å². The predicted octanol–water partition coefficient (Wildman–Crippen LogP) is 1.57. The van der Waals surface area contributed by atoms with Gasteiger partial charge in [-0.1, -0.05) is 18.5 Å². The summed E-state index contributed by atoms with van der Waals surface area (Å²) in [5.41, 5.74) is 0.0453. The van der Waals surface area contributed by atoms with Gasteiger partial charge in [0.1, 0.15) is 5.82 Å². The molecule has 1 aromatic heterocycles. The van der Waals surface area contributed by atoms with Crippen LogP contribution in [0, 0.1) is 0 Å². The van der Waals surface area contributed by atoms with Gasteiger partial charge in [-0.15, -0.1) is 0 Å². The average molecular weight is 300 g/mol. The van der Waals surface area contributed by atoms with Crippen LogP contribution in [0.25, 0.3) is 0 Å². The number of carboxylic acids is 1. The fourth-order valence-electron chi connectivity index (χ4n) is 2.11. The number of aromatic nitrogens is 1. The lowest BCUT2D eigenvalue weighted by molar-refractivity contribution is -0.0192. The van der Waals surface area contributed by atoms with E-state index in [-0.39, 0.29) is 16.7 Å². The number of hydrogen-bond acceptors (Lipinski definition) is 5. The van der Waals surface area contributed by atoms with Gasteiger partial charge in [-0.3, -0.25) is 4.90 Å². The van der Waals surface area contributed by atoms with Crippen molar-refractivity contribution in [3.05, 3.63) is 22.8 Å². The highest BCUT2D eigenvalue weighted by atomic mass is 35.5. The van der Waals surface area contributed by atoms with Gasteiger partial charge in [0.15, 0.2) is 0 Å². The zero-order valence-corrected chi connectivity index (χ0v) is 12.1. The van der Waals surface area contributed by atoms with Crippen LogP contribution in [-0.2, 0) is 4.74 Å². The molecule has 1 unspecified atom stereocenters. The molecule has 20 heavy (non-hydrogen) atoms. The minimum absolute atomic E-state index is 0.0453. The maximum absolute atomic E-state index is 11.0. The Morgan fingerprint density at radius 2 is 2.50 bits per heavy atom. The molecule has 1 aromatic rings. The van der Waals surface area contributed by atoms with Crippen molar-refractivity contribution in [1.82, 2.24) is 9.88 Å². The second-order valence-corrected chi connectivity index (χ2v) is 5.03. The maximum Gasteiger partial charge on any atom is 0.337 e. The second kappa shape index (κ2) is 6.88. The molecule has 110 valence electrons. The van der Waals surface area contributed by atoms with Crippen LogP contribution < -0.4 is 5.32 Å². The van der Waals surface area contributed by atoms with Crippen molar-refractivity contribution in [1.29, 1.82) is 0 Å². The van der Waals surface area contributed by atoms with Gasteiger partial charge in [0.05, 0.1) is 23.3 Å². The lowest BCUT2D eigenvalue weighted by Crippen LogP contribution is -2.45. The number of pyridine rings is 1. The fraction of sp³-hybridized carbons (Fsp3) is 0.538. The summed E-state index contributed by atoms with van der Waals surface area (Å²) in [4.78, 5) is 17.4. The number of aromatic carboxylic acids is 1. The first-order valence-corrected chi connectivity index (χ1v) is 6.94. The van der Waals surface area contributed by atoms with E-state index in [1.165, 1.54) is 12.3 Å². The maximum atomic E-state index is 11.0.